The van der Waals surface area contributed by atoms with E-state index >= 15 is 0 Å². The lowest BCUT2D eigenvalue weighted by atomic mass is 10.2. The Morgan fingerprint density at radius 1 is 1.47 bits per heavy atom. The summed E-state index contributed by atoms with van der Waals surface area (Å²) in [6, 6.07) is 4.71. The summed E-state index contributed by atoms with van der Waals surface area (Å²) in [5.74, 6) is 0.970. The van der Waals surface area contributed by atoms with Gasteiger partial charge in [-0.05, 0) is 24.5 Å². The maximum Gasteiger partial charge on any atom is 0.128 e. The summed E-state index contributed by atoms with van der Waals surface area (Å²) in [5.41, 5.74) is 1.17. The molecule has 1 fully saturated rings. The lowest BCUT2D eigenvalue weighted by molar-refractivity contribution is 0.199. The molecule has 1 aromatic heterocycles. The van der Waals surface area contributed by atoms with Crippen molar-refractivity contribution in [2.45, 2.75) is 25.4 Å². The molecule has 1 aliphatic rings. The van der Waals surface area contributed by atoms with Crippen LogP contribution in [-0.4, -0.2) is 49.5 Å². The van der Waals surface area contributed by atoms with Gasteiger partial charge in [-0.2, -0.15) is 0 Å². The molecule has 1 aromatic rings. The zero-order valence-corrected chi connectivity index (χ0v) is 11.5. The first-order valence-corrected chi connectivity index (χ1v) is 6.87. The average Bonchev–Trinajstić information content (AvgIpc) is 3.26. The molecule has 5 nitrogen and oxygen atoms in total. The number of aromatic nitrogens is 1. The molecule has 1 aliphatic carbocycles. The lowest BCUT2D eigenvalue weighted by Gasteiger charge is -2.22. The molecule has 0 aliphatic heterocycles. The van der Waals surface area contributed by atoms with Gasteiger partial charge in [-0.3, -0.25) is 0 Å². The third kappa shape index (κ3) is 4.45. The quantitative estimate of drug-likeness (QED) is 0.646. The van der Waals surface area contributed by atoms with Gasteiger partial charge < -0.3 is 20.1 Å². The van der Waals surface area contributed by atoms with Gasteiger partial charge in [0, 0.05) is 39.0 Å². The summed E-state index contributed by atoms with van der Waals surface area (Å²) in [4.78, 5) is 6.70. The van der Waals surface area contributed by atoms with Gasteiger partial charge >= 0.3 is 0 Å². The number of methoxy groups -OCH3 is 1. The second-order valence-corrected chi connectivity index (χ2v) is 4.84. The van der Waals surface area contributed by atoms with Gasteiger partial charge in [-0.1, -0.05) is 6.07 Å². The topological polar surface area (TPSA) is 57.6 Å². The predicted octanol–water partition coefficient (Wildman–Crippen LogP) is 0.779. The predicted molar refractivity (Wildman–Crippen MR) is 75.3 cm³/mol. The summed E-state index contributed by atoms with van der Waals surface area (Å²) >= 11 is 0. The zero-order valence-electron chi connectivity index (χ0n) is 11.5. The highest BCUT2D eigenvalue weighted by atomic mass is 16.5. The van der Waals surface area contributed by atoms with Crippen molar-refractivity contribution in [2.24, 2.45) is 0 Å². The highest BCUT2D eigenvalue weighted by Crippen LogP contribution is 2.30. The molecule has 1 heterocycles. The van der Waals surface area contributed by atoms with Crippen molar-refractivity contribution < 1.29 is 9.84 Å². The minimum atomic E-state index is 0.179. The second-order valence-electron chi connectivity index (χ2n) is 4.84. The van der Waals surface area contributed by atoms with Crippen molar-refractivity contribution in [2.75, 3.05) is 38.3 Å². The van der Waals surface area contributed by atoms with Crippen LogP contribution in [0.2, 0.25) is 0 Å². The maximum atomic E-state index is 9.10. The summed E-state index contributed by atoms with van der Waals surface area (Å²) in [5, 5.41) is 12.4. The number of ether oxygens (including phenoxy) is 1. The normalized spacial score (nSPS) is 14.6. The van der Waals surface area contributed by atoms with E-state index in [9.17, 15) is 0 Å². The van der Waals surface area contributed by atoms with Gasteiger partial charge in [-0.15, -0.1) is 0 Å². The SMILES string of the molecule is COCCNCc1ccc(N(CCO)C2CC2)nc1. The van der Waals surface area contributed by atoms with Crippen LogP contribution in [-0.2, 0) is 11.3 Å². The smallest absolute Gasteiger partial charge is 0.128 e. The number of nitrogens with zero attached hydrogens (tertiary/aromatic N) is 2. The van der Waals surface area contributed by atoms with E-state index < -0.39 is 0 Å². The molecular weight excluding hydrogens is 242 g/mol. The molecule has 0 atom stereocenters. The standard InChI is InChI=1S/C14H23N3O2/c1-19-9-6-15-10-12-2-5-14(16-11-12)17(7-8-18)13-3-4-13/h2,5,11,13,15,18H,3-4,6-10H2,1H3. The number of hydrogen-bond acceptors (Lipinski definition) is 5. The first kappa shape index (κ1) is 14.2. The van der Waals surface area contributed by atoms with E-state index in [-0.39, 0.29) is 6.61 Å². The Labute approximate surface area is 114 Å². The Morgan fingerprint density at radius 3 is 2.89 bits per heavy atom. The van der Waals surface area contributed by atoms with Crippen LogP contribution in [0.1, 0.15) is 18.4 Å². The number of rotatable bonds is 9. The van der Waals surface area contributed by atoms with E-state index in [0.29, 0.717) is 12.6 Å². The van der Waals surface area contributed by atoms with Crippen molar-refractivity contribution in [1.82, 2.24) is 10.3 Å². The Bertz CT molecular complexity index is 365. The molecule has 5 heteroatoms. The van der Waals surface area contributed by atoms with E-state index in [2.05, 4.69) is 21.3 Å². The van der Waals surface area contributed by atoms with Gasteiger partial charge in [0.2, 0.25) is 0 Å². The van der Waals surface area contributed by atoms with Crippen LogP contribution < -0.4 is 10.2 Å². The molecule has 1 saturated carbocycles. The van der Waals surface area contributed by atoms with Gasteiger partial charge in [-0.25, -0.2) is 4.98 Å². The van der Waals surface area contributed by atoms with Crippen molar-refractivity contribution in [1.29, 1.82) is 0 Å². The van der Waals surface area contributed by atoms with Gasteiger partial charge in [0.25, 0.3) is 0 Å². The highest BCUT2D eigenvalue weighted by molar-refractivity contribution is 5.42. The highest BCUT2D eigenvalue weighted by Gasteiger charge is 2.29. The molecule has 0 amide bonds. The van der Waals surface area contributed by atoms with Gasteiger partial charge in [0.1, 0.15) is 5.82 Å². The maximum absolute atomic E-state index is 9.10. The molecule has 2 N–H and O–H groups in total. The summed E-state index contributed by atoms with van der Waals surface area (Å²) < 4.78 is 4.98. The van der Waals surface area contributed by atoms with E-state index in [4.69, 9.17) is 9.84 Å². The number of aliphatic hydroxyl groups is 1. The minimum absolute atomic E-state index is 0.179. The molecule has 0 radical (unpaired) electrons. The molecule has 2 rings (SSSR count). The van der Waals surface area contributed by atoms with E-state index in [1.165, 1.54) is 18.4 Å². The zero-order chi connectivity index (χ0) is 13.5. The number of nitrogens with one attached hydrogen (secondary N) is 1. The molecule has 0 spiro atoms. The van der Waals surface area contributed by atoms with Gasteiger partial charge in [0.05, 0.1) is 13.2 Å². The third-order valence-corrected chi connectivity index (χ3v) is 3.24. The molecule has 0 bridgehead atoms. The second kappa shape index (κ2) is 7.43. The van der Waals surface area contributed by atoms with Crippen LogP contribution in [0.15, 0.2) is 18.3 Å². The van der Waals surface area contributed by atoms with Crippen molar-refractivity contribution in [3.05, 3.63) is 23.9 Å². The Hall–Kier alpha value is -1.17. The fraction of sp³-hybridized carbons (Fsp3) is 0.643. The fourth-order valence-electron chi connectivity index (χ4n) is 2.08. The van der Waals surface area contributed by atoms with Crippen LogP contribution in [0.3, 0.4) is 0 Å². The molecule has 0 saturated heterocycles. The van der Waals surface area contributed by atoms with Gasteiger partial charge in [0.15, 0.2) is 0 Å². The monoisotopic (exact) mass is 265 g/mol. The Morgan fingerprint density at radius 2 is 2.32 bits per heavy atom. The molecule has 19 heavy (non-hydrogen) atoms. The first-order chi connectivity index (χ1) is 9.35. The van der Waals surface area contributed by atoms with Crippen molar-refractivity contribution in [3.8, 4) is 0 Å². The van der Waals surface area contributed by atoms with Crippen molar-refractivity contribution in [3.63, 3.8) is 0 Å². The summed E-state index contributed by atoms with van der Waals surface area (Å²) in [7, 11) is 1.70. The number of pyridine rings is 1. The van der Waals surface area contributed by atoms with E-state index in [1.54, 1.807) is 7.11 Å². The Kier molecular flexibility index (Phi) is 5.57. The minimum Gasteiger partial charge on any atom is -0.395 e. The van der Waals surface area contributed by atoms with Crippen LogP contribution in [0.5, 0.6) is 0 Å². The average molecular weight is 265 g/mol. The summed E-state index contributed by atoms with van der Waals surface area (Å²) in [6.45, 7) is 3.22. The molecular formula is C14H23N3O2. The Balaban J connectivity index is 1.86. The molecule has 106 valence electrons. The summed E-state index contributed by atoms with van der Waals surface area (Å²) in [6.07, 6.45) is 4.33. The van der Waals surface area contributed by atoms with Crippen molar-refractivity contribution >= 4 is 5.82 Å². The van der Waals surface area contributed by atoms with E-state index in [1.807, 2.05) is 12.3 Å². The fourth-order valence-corrected chi connectivity index (χ4v) is 2.08. The number of aliphatic hydroxyl groups excluding tert-OH is 1. The third-order valence-electron chi connectivity index (χ3n) is 3.24. The van der Waals surface area contributed by atoms with Crippen LogP contribution in [0.4, 0.5) is 5.82 Å². The van der Waals surface area contributed by atoms with Crippen LogP contribution in [0, 0.1) is 0 Å². The largest absolute Gasteiger partial charge is 0.395 e. The number of hydrogen-bond donors (Lipinski definition) is 2. The van der Waals surface area contributed by atoms with Crippen LogP contribution >= 0.6 is 0 Å². The van der Waals surface area contributed by atoms with E-state index in [0.717, 1.165) is 25.5 Å². The number of anilines is 1. The first-order valence-electron chi connectivity index (χ1n) is 6.87. The molecule has 0 unspecified atom stereocenters. The lowest BCUT2D eigenvalue weighted by Crippen LogP contribution is -2.29. The van der Waals surface area contributed by atoms with Crippen LogP contribution in [0.25, 0.3) is 0 Å². The molecule has 0 aromatic carbocycles.